The normalized spacial score (nSPS) is 20.2. The molecule has 0 aliphatic carbocycles. The van der Waals surface area contributed by atoms with Gasteiger partial charge in [-0.25, -0.2) is 8.78 Å². The van der Waals surface area contributed by atoms with Gasteiger partial charge in [0.25, 0.3) is 6.43 Å². The summed E-state index contributed by atoms with van der Waals surface area (Å²) in [6.07, 6.45) is -2.37. The average molecular weight is 150 g/mol. The number of rotatable bonds is 1. The number of thioether (sulfide) groups is 1. The zero-order valence-corrected chi connectivity index (χ0v) is 5.64. The Hall–Kier alpha value is -0.250. The number of hydrogen-bond acceptors (Lipinski definition) is 2. The van der Waals surface area contributed by atoms with E-state index in [2.05, 4.69) is 5.32 Å². The standard InChI is InChI=1S/C5H6F2NS/c1-3-8-4(2-9-3)5(6)7/h2,5,8H,1H3. The average Bonchev–Trinajstić information content (AvgIpc) is 2.14. The van der Waals surface area contributed by atoms with Crippen LogP contribution in [0.25, 0.3) is 0 Å². The summed E-state index contributed by atoms with van der Waals surface area (Å²) in [6.45, 7) is 1.76. The zero-order valence-electron chi connectivity index (χ0n) is 4.82. The van der Waals surface area contributed by atoms with Crippen molar-refractivity contribution >= 4 is 11.8 Å². The van der Waals surface area contributed by atoms with Gasteiger partial charge in [0.15, 0.2) is 0 Å². The topological polar surface area (TPSA) is 12.0 Å². The Morgan fingerprint density at radius 2 is 2.33 bits per heavy atom. The molecule has 9 heavy (non-hydrogen) atoms. The van der Waals surface area contributed by atoms with Crippen LogP contribution in [-0.2, 0) is 0 Å². The van der Waals surface area contributed by atoms with E-state index >= 15 is 0 Å². The molecule has 0 amide bonds. The van der Waals surface area contributed by atoms with E-state index in [1.807, 2.05) is 0 Å². The molecule has 1 radical (unpaired) electrons. The molecule has 1 aliphatic rings. The maximum Gasteiger partial charge on any atom is 0.278 e. The maximum atomic E-state index is 11.8. The van der Waals surface area contributed by atoms with Crippen molar-refractivity contribution in [2.45, 2.75) is 13.3 Å². The van der Waals surface area contributed by atoms with Gasteiger partial charge in [0, 0.05) is 0 Å². The Morgan fingerprint density at radius 3 is 2.56 bits per heavy atom. The Morgan fingerprint density at radius 1 is 1.67 bits per heavy atom. The van der Waals surface area contributed by atoms with Crippen molar-refractivity contribution in [3.05, 3.63) is 16.5 Å². The lowest BCUT2D eigenvalue weighted by Gasteiger charge is -2.03. The Labute approximate surface area is 56.5 Å². The van der Waals surface area contributed by atoms with Crippen molar-refractivity contribution in [2.24, 2.45) is 0 Å². The number of halogens is 2. The first kappa shape index (κ1) is 6.86. The van der Waals surface area contributed by atoms with Crippen LogP contribution in [0.3, 0.4) is 0 Å². The van der Waals surface area contributed by atoms with Crippen LogP contribution >= 0.6 is 11.8 Å². The Bertz CT molecular complexity index is 135. The minimum Gasteiger partial charge on any atom is -0.366 e. The van der Waals surface area contributed by atoms with Crippen LogP contribution in [0.5, 0.6) is 0 Å². The summed E-state index contributed by atoms with van der Waals surface area (Å²) in [6, 6.07) is 0. The molecule has 0 unspecified atom stereocenters. The van der Waals surface area contributed by atoms with Gasteiger partial charge in [-0.3, -0.25) is 0 Å². The molecule has 1 heterocycles. The van der Waals surface area contributed by atoms with Crippen LogP contribution < -0.4 is 5.32 Å². The molecule has 1 aliphatic heterocycles. The lowest BCUT2D eigenvalue weighted by atomic mass is 10.5. The van der Waals surface area contributed by atoms with Gasteiger partial charge in [-0.05, 0) is 12.3 Å². The third-order valence-corrected chi connectivity index (χ3v) is 1.75. The van der Waals surface area contributed by atoms with Gasteiger partial charge in [-0.2, -0.15) is 0 Å². The van der Waals surface area contributed by atoms with Gasteiger partial charge in [0.05, 0.1) is 5.70 Å². The van der Waals surface area contributed by atoms with E-state index in [1.165, 1.54) is 17.2 Å². The summed E-state index contributed by atoms with van der Waals surface area (Å²) in [5, 5.41) is 4.78. The molecular weight excluding hydrogens is 144 g/mol. The molecule has 0 atom stereocenters. The van der Waals surface area contributed by atoms with Crippen molar-refractivity contribution in [2.75, 3.05) is 0 Å². The van der Waals surface area contributed by atoms with Gasteiger partial charge >= 0.3 is 0 Å². The molecule has 1 nitrogen and oxygen atoms in total. The minimum atomic E-state index is -2.37. The highest BCUT2D eigenvalue weighted by Crippen LogP contribution is 2.28. The summed E-state index contributed by atoms with van der Waals surface area (Å²) in [4.78, 5) is 0. The van der Waals surface area contributed by atoms with Gasteiger partial charge < -0.3 is 5.32 Å². The predicted molar refractivity (Wildman–Crippen MR) is 33.7 cm³/mol. The second-order valence-corrected chi connectivity index (χ2v) is 2.76. The molecule has 0 fully saturated rings. The Balaban J connectivity index is 2.45. The van der Waals surface area contributed by atoms with Crippen molar-refractivity contribution in [1.82, 2.24) is 5.32 Å². The lowest BCUT2D eigenvalue weighted by molar-refractivity contribution is 0.183. The summed E-state index contributed by atoms with van der Waals surface area (Å²) in [7, 11) is 0. The van der Waals surface area contributed by atoms with Crippen LogP contribution in [0.4, 0.5) is 8.78 Å². The molecule has 0 saturated heterocycles. The van der Waals surface area contributed by atoms with E-state index in [0.717, 1.165) is 5.37 Å². The molecule has 4 heteroatoms. The highest BCUT2D eigenvalue weighted by molar-refractivity contribution is 8.05. The highest BCUT2D eigenvalue weighted by atomic mass is 32.2. The maximum absolute atomic E-state index is 11.8. The first-order valence-corrected chi connectivity index (χ1v) is 3.33. The molecule has 0 aromatic rings. The number of alkyl halides is 2. The minimum absolute atomic E-state index is 0.0116. The molecule has 1 N–H and O–H groups in total. The molecule has 0 saturated carbocycles. The highest BCUT2D eigenvalue weighted by Gasteiger charge is 2.19. The van der Waals surface area contributed by atoms with Gasteiger partial charge in [0.1, 0.15) is 5.37 Å². The lowest BCUT2D eigenvalue weighted by Crippen LogP contribution is -2.14. The van der Waals surface area contributed by atoms with Crippen molar-refractivity contribution in [3.8, 4) is 0 Å². The number of allylic oxidation sites excluding steroid dienone is 1. The van der Waals surface area contributed by atoms with Crippen molar-refractivity contribution < 1.29 is 8.78 Å². The number of hydrogen-bond donors (Lipinski definition) is 1. The molecule has 0 spiro atoms. The third kappa shape index (κ3) is 1.58. The monoisotopic (exact) mass is 150 g/mol. The van der Waals surface area contributed by atoms with E-state index in [0.29, 0.717) is 0 Å². The molecule has 0 bridgehead atoms. The largest absolute Gasteiger partial charge is 0.366 e. The van der Waals surface area contributed by atoms with Gasteiger partial charge in [-0.15, -0.1) is 11.8 Å². The zero-order chi connectivity index (χ0) is 6.85. The summed E-state index contributed by atoms with van der Waals surface area (Å²) in [5.74, 6) is 0. The summed E-state index contributed by atoms with van der Waals surface area (Å²) < 4.78 is 23.5. The first-order valence-electron chi connectivity index (χ1n) is 2.45. The van der Waals surface area contributed by atoms with E-state index in [4.69, 9.17) is 0 Å². The fraction of sp³-hybridized carbons (Fsp3) is 0.400. The number of nitrogens with one attached hydrogen (secondary N) is 1. The van der Waals surface area contributed by atoms with E-state index in [-0.39, 0.29) is 5.70 Å². The second-order valence-electron chi connectivity index (χ2n) is 1.67. The first-order chi connectivity index (χ1) is 4.20. The van der Waals surface area contributed by atoms with E-state index in [9.17, 15) is 8.78 Å². The summed E-state index contributed by atoms with van der Waals surface area (Å²) in [5.41, 5.74) is 0.0116. The molecule has 0 aromatic heterocycles. The fourth-order valence-corrected chi connectivity index (χ4v) is 1.16. The van der Waals surface area contributed by atoms with Crippen LogP contribution in [0, 0.1) is 5.37 Å². The predicted octanol–water partition coefficient (Wildman–Crippen LogP) is 1.94. The second kappa shape index (κ2) is 2.56. The fourth-order valence-electron chi connectivity index (χ4n) is 0.520. The van der Waals surface area contributed by atoms with Gasteiger partial charge in [0.2, 0.25) is 0 Å². The smallest absolute Gasteiger partial charge is 0.278 e. The van der Waals surface area contributed by atoms with Crippen molar-refractivity contribution in [1.29, 1.82) is 0 Å². The van der Waals surface area contributed by atoms with Crippen LogP contribution in [0.2, 0.25) is 0 Å². The molecular formula is C5H6F2NS. The Kier molecular flexibility index (Phi) is 1.95. The third-order valence-electron chi connectivity index (χ3n) is 0.918. The SMILES string of the molecule is C[C]1NC(C(F)F)=CS1. The van der Waals surface area contributed by atoms with Gasteiger partial charge in [-0.1, -0.05) is 0 Å². The molecule has 1 rings (SSSR count). The van der Waals surface area contributed by atoms with Crippen LogP contribution in [0.15, 0.2) is 11.1 Å². The van der Waals surface area contributed by atoms with E-state index in [1.54, 1.807) is 6.92 Å². The van der Waals surface area contributed by atoms with Crippen molar-refractivity contribution in [3.63, 3.8) is 0 Å². The summed E-state index contributed by atoms with van der Waals surface area (Å²) >= 11 is 1.30. The molecule has 0 aromatic carbocycles. The quantitative estimate of drug-likeness (QED) is 0.613. The van der Waals surface area contributed by atoms with Crippen LogP contribution in [-0.4, -0.2) is 6.43 Å². The molecule has 51 valence electrons. The van der Waals surface area contributed by atoms with E-state index < -0.39 is 6.43 Å². The van der Waals surface area contributed by atoms with Crippen LogP contribution in [0.1, 0.15) is 6.92 Å².